The minimum absolute atomic E-state index is 0.801. The highest BCUT2D eigenvalue weighted by Crippen LogP contribution is 2.14. The maximum Gasteiger partial charge on any atom is 0.133 e. The van der Waals surface area contributed by atoms with Crippen LogP contribution >= 0.6 is 11.3 Å². The summed E-state index contributed by atoms with van der Waals surface area (Å²) in [5, 5.41) is 10.6. The van der Waals surface area contributed by atoms with Crippen molar-refractivity contribution >= 4 is 23.0 Å². The Kier molecular flexibility index (Phi) is 4.52. The van der Waals surface area contributed by atoms with Gasteiger partial charge in [0.2, 0.25) is 0 Å². The van der Waals surface area contributed by atoms with Gasteiger partial charge in [0.05, 0.1) is 0 Å². The van der Waals surface area contributed by atoms with E-state index < -0.39 is 0 Å². The van der Waals surface area contributed by atoms with E-state index in [1.54, 1.807) is 11.3 Å². The van der Waals surface area contributed by atoms with Crippen LogP contribution in [-0.4, -0.2) is 17.0 Å². The van der Waals surface area contributed by atoms with Crippen molar-refractivity contribution in [2.24, 2.45) is 0 Å². The van der Waals surface area contributed by atoms with Crippen molar-refractivity contribution in [2.75, 3.05) is 17.7 Å². The van der Waals surface area contributed by atoms with E-state index in [1.807, 2.05) is 13.1 Å². The minimum Gasteiger partial charge on any atom is -0.373 e. The number of anilines is 2. The van der Waals surface area contributed by atoms with Crippen LogP contribution in [0.4, 0.5) is 11.6 Å². The summed E-state index contributed by atoms with van der Waals surface area (Å²) in [7, 11) is 1.88. The molecule has 0 aromatic carbocycles. The molecule has 2 heterocycles. The highest BCUT2D eigenvalue weighted by atomic mass is 32.1. The molecule has 2 N–H and O–H groups in total. The van der Waals surface area contributed by atoms with Crippen LogP contribution in [0, 0.1) is 0 Å². The van der Waals surface area contributed by atoms with Gasteiger partial charge in [-0.05, 0) is 28.8 Å². The molecule has 2 aromatic heterocycles. The first-order chi connectivity index (χ1) is 8.81. The molecule has 96 valence electrons. The molecule has 0 amide bonds. The van der Waals surface area contributed by atoms with Gasteiger partial charge in [0.25, 0.3) is 0 Å². The van der Waals surface area contributed by atoms with Gasteiger partial charge in [0, 0.05) is 26.1 Å². The second-order valence-corrected chi connectivity index (χ2v) is 4.82. The average Bonchev–Trinajstić information content (AvgIpc) is 2.89. The van der Waals surface area contributed by atoms with Crippen LogP contribution in [0.15, 0.2) is 22.9 Å². The van der Waals surface area contributed by atoms with Gasteiger partial charge < -0.3 is 10.6 Å². The van der Waals surface area contributed by atoms with Crippen LogP contribution < -0.4 is 10.6 Å². The Balaban J connectivity index is 2.08. The molecule has 0 fully saturated rings. The Bertz CT molecular complexity index is 482. The second-order valence-electron chi connectivity index (χ2n) is 4.04. The van der Waals surface area contributed by atoms with Crippen LogP contribution in [0.25, 0.3) is 0 Å². The normalized spacial score (nSPS) is 10.3. The zero-order valence-electron chi connectivity index (χ0n) is 10.7. The maximum atomic E-state index is 4.51. The Morgan fingerprint density at radius 3 is 2.78 bits per heavy atom. The smallest absolute Gasteiger partial charge is 0.133 e. The first-order valence-corrected chi connectivity index (χ1v) is 7.06. The Morgan fingerprint density at radius 1 is 1.28 bits per heavy atom. The standard InChI is InChI=1S/C13H18N4S/c1-3-4-11-16-12(14-2)7-13(17-11)15-8-10-5-6-18-9-10/h5-7,9H,3-4,8H2,1-2H3,(H2,14,15,16,17). The largest absolute Gasteiger partial charge is 0.373 e. The average molecular weight is 262 g/mol. The molecule has 2 aromatic rings. The number of nitrogens with zero attached hydrogens (tertiary/aromatic N) is 2. The van der Waals surface area contributed by atoms with Gasteiger partial charge in [-0.25, -0.2) is 9.97 Å². The van der Waals surface area contributed by atoms with Gasteiger partial charge in [0.15, 0.2) is 0 Å². The number of hydrogen-bond donors (Lipinski definition) is 2. The molecule has 4 nitrogen and oxygen atoms in total. The van der Waals surface area contributed by atoms with Gasteiger partial charge in [-0.3, -0.25) is 0 Å². The summed E-state index contributed by atoms with van der Waals surface area (Å²) in [4.78, 5) is 8.94. The second kappa shape index (κ2) is 6.35. The molecule has 0 bridgehead atoms. The lowest BCUT2D eigenvalue weighted by atomic mass is 10.3. The zero-order valence-corrected chi connectivity index (χ0v) is 11.5. The Morgan fingerprint density at radius 2 is 2.11 bits per heavy atom. The van der Waals surface area contributed by atoms with Gasteiger partial charge in [-0.2, -0.15) is 11.3 Å². The minimum atomic E-state index is 0.801. The quantitative estimate of drug-likeness (QED) is 0.839. The molecule has 0 atom stereocenters. The number of aromatic nitrogens is 2. The van der Waals surface area contributed by atoms with Gasteiger partial charge in [-0.15, -0.1) is 0 Å². The topological polar surface area (TPSA) is 49.8 Å². The molecule has 2 rings (SSSR count). The molecule has 0 aliphatic carbocycles. The number of hydrogen-bond acceptors (Lipinski definition) is 5. The molecule has 0 spiro atoms. The molecule has 0 aliphatic heterocycles. The fourth-order valence-electron chi connectivity index (χ4n) is 1.64. The third-order valence-electron chi connectivity index (χ3n) is 2.56. The van der Waals surface area contributed by atoms with E-state index in [0.717, 1.165) is 36.8 Å². The summed E-state index contributed by atoms with van der Waals surface area (Å²) < 4.78 is 0. The molecule has 0 radical (unpaired) electrons. The lowest BCUT2D eigenvalue weighted by molar-refractivity contribution is 0.835. The van der Waals surface area contributed by atoms with Crippen LogP contribution in [0.3, 0.4) is 0 Å². The van der Waals surface area contributed by atoms with Crippen molar-refractivity contribution in [2.45, 2.75) is 26.3 Å². The van der Waals surface area contributed by atoms with Crippen LogP contribution in [0.2, 0.25) is 0 Å². The molecule has 0 unspecified atom stereocenters. The molecule has 18 heavy (non-hydrogen) atoms. The summed E-state index contributed by atoms with van der Waals surface area (Å²) in [5.41, 5.74) is 1.28. The van der Waals surface area contributed by atoms with Crippen molar-refractivity contribution in [3.8, 4) is 0 Å². The fourth-order valence-corrected chi connectivity index (χ4v) is 2.31. The summed E-state index contributed by atoms with van der Waals surface area (Å²) in [6.45, 7) is 2.93. The van der Waals surface area contributed by atoms with Crippen molar-refractivity contribution < 1.29 is 0 Å². The summed E-state index contributed by atoms with van der Waals surface area (Å²) in [5.74, 6) is 2.63. The molecular formula is C13H18N4S. The van der Waals surface area contributed by atoms with E-state index in [1.165, 1.54) is 5.56 Å². The van der Waals surface area contributed by atoms with E-state index in [-0.39, 0.29) is 0 Å². The van der Waals surface area contributed by atoms with Crippen molar-refractivity contribution in [3.63, 3.8) is 0 Å². The lowest BCUT2D eigenvalue weighted by Crippen LogP contribution is -2.06. The first kappa shape index (κ1) is 12.8. The van der Waals surface area contributed by atoms with Crippen molar-refractivity contribution in [1.82, 2.24) is 9.97 Å². The molecule has 5 heteroatoms. The van der Waals surface area contributed by atoms with Gasteiger partial charge >= 0.3 is 0 Å². The van der Waals surface area contributed by atoms with Crippen molar-refractivity contribution in [1.29, 1.82) is 0 Å². The van der Waals surface area contributed by atoms with Gasteiger partial charge in [0.1, 0.15) is 17.5 Å². The van der Waals surface area contributed by atoms with E-state index in [4.69, 9.17) is 0 Å². The predicted octanol–water partition coefficient (Wildman–Crippen LogP) is 3.14. The van der Waals surface area contributed by atoms with Crippen molar-refractivity contribution in [3.05, 3.63) is 34.3 Å². The Hall–Kier alpha value is -1.62. The monoisotopic (exact) mass is 262 g/mol. The lowest BCUT2D eigenvalue weighted by Gasteiger charge is -2.08. The third kappa shape index (κ3) is 3.43. The van der Waals surface area contributed by atoms with E-state index >= 15 is 0 Å². The van der Waals surface area contributed by atoms with Crippen LogP contribution in [-0.2, 0) is 13.0 Å². The number of aryl methyl sites for hydroxylation is 1. The number of nitrogens with one attached hydrogen (secondary N) is 2. The summed E-state index contributed by atoms with van der Waals surface area (Å²) >= 11 is 1.71. The number of thiophene rings is 1. The number of rotatable bonds is 6. The predicted molar refractivity (Wildman–Crippen MR) is 77.2 cm³/mol. The zero-order chi connectivity index (χ0) is 12.8. The van der Waals surface area contributed by atoms with Crippen LogP contribution in [0.1, 0.15) is 24.7 Å². The molecule has 0 aliphatic rings. The molecule has 0 saturated carbocycles. The molecular weight excluding hydrogens is 244 g/mol. The van der Waals surface area contributed by atoms with E-state index in [9.17, 15) is 0 Å². The van der Waals surface area contributed by atoms with E-state index in [0.29, 0.717) is 0 Å². The first-order valence-electron chi connectivity index (χ1n) is 6.12. The third-order valence-corrected chi connectivity index (χ3v) is 3.29. The van der Waals surface area contributed by atoms with Gasteiger partial charge in [-0.1, -0.05) is 6.92 Å². The van der Waals surface area contributed by atoms with Crippen LogP contribution in [0.5, 0.6) is 0 Å². The fraction of sp³-hybridized carbons (Fsp3) is 0.385. The van der Waals surface area contributed by atoms with E-state index in [2.05, 4.69) is 44.4 Å². The highest BCUT2D eigenvalue weighted by Gasteiger charge is 2.03. The highest BCUT2D eigenvalue weighted by molar-refractivity contribution is 7.07. The Labute approximate surface area is 111 Å². The SMILES string of the molecule is CCCc1nc(NC)cc(NCc2ccsc2)n1. The maximum absolute atomic E-state index is 4.51. The summed E-state index contributed by atoms with van der Waals surface area (Å²) in [6.07, 6.45) is 1.96. The summed E-state index contributed by atoms with van der Waals surface area (Å²) in [6, 6.07) is 4.05. The molecule has 0 saturated heterocycles.